The van der Waals surface area contributed by atoms with E-state index in [1.807, 2.05) is 0 Å². The monoisotopic (exact) mass is 395 g/mol. The van der Waals surface area contributed by atoms with Gasteiger partial charge in [0, 0.05) is 24.1 Å². The van der Waals surface area contributed by atoms with Crippen molar-refractivity contribution in [3.63, 3.8) is 0 Å². The first-order valence-corrected chi connectivity index (χ1v) is 9.04. The fourth-order valence-corrected chi connectivity index (χ4v) is 4.43. The SMILES string of the molecule is O=C1Nc2nc(Cl)ccc2[C@]12NC(CCO)C[C@@H]2c1cccc(Cl)c1F. The molecule has 1 unspecified atom stereocenters. The molecule has 136 valence electrons. The Bertz CT molecular complexity index is 895. The summed E-state index contributed by atoms with van der Waals surface area (Å²) in [6.07, 6.45) is 0.928. The van der Waals surface area contributed by atoms with Crippen molar-refractivity contribution in [1.29, 1.82) is 0 Å². The van der Waals surface area contributed by atoms with Crippen LogP contribution in [0.15, 0.2) is 30.3 Å². The number of carbonyl (C=O) groups excluding carboxylic acids is 1. The van der Waals surface area contributed by atoms with E-state index in [0.29, 0.717) is 29.8 Å². The van der Waals surface area contributed by atoms with Crippen molar-refractivity contribution in [2.75, 3.05) is 11.9 Å². The number of fused-ring (bicyclic) bond motifs is 2. The molecule has 5 nitrogen and oxygen atoms in total. The van der Waals surface area contributed by atoms with Gasteiger partial charge in [-0.25, -0.2) is 9.37 Å². The summed E-state index contributed by atoms with van der Waals surface area (Å²) in [7, 11) is 0. The standard InChI is InChI=1S/C18H16Cl2FN3O2/c19-13-3-1-2-10(15(13)21)12-8-9(6-7-25)24-18(12)11-4-5-14(20)22-16(11)23-17(18)26/h1-5,9,12,24-25H,6-8H2,(H,22,23,26)/t9?,12-,18-/m1/s1. The molecule has 3 heterocycles. The summed E-state index contributed by atoms with van der Waals surface area (Å²) in [6, 6.07) is 7.97. The van der Waals surface area contributed by atoms with Crippen molar-refractivity contribution in [3.8, 4) is 0 Å². The van der Waals surface area contributed by atoms with Gasteiger partial charge in [0.2, 0.25) is 0 Å². The number of aromatic nitrogens is 1. The number of hydrogen-bond acceptors (Lipinski definition) is 4. The van der Waals surface area contributed by atoms with E-state index >= 15 is 0 Å². The average Bonchev–Trinajstić information content (AvgIpc) is 3.10. The Hall–Kier alpha value is -1.73. The maximum atomic E-state index is 14.8. The van der Waals surface area contributed by atoms with E-state index in [0.717, 1.165) is 0 Å². The van der Waals surface area contributed by atoms with Gasteiger partial charge in [0.15, 0.2) is 0 Å². The minimum atomic E-state index is -1.18. The summed E-state index contributed by atoms with van der Waals surface area (Å²) in [5.41, 5.74) is -0.196. The van der Waals surface area contributed by atoms with Gasteiger partial charge in [-0.1, -0.05) is 35.3 Å². The predicted octanol–water partition coefficient (Wildman–Crippen LogP) is 3.20. The Morgan fingerprint density at radius 3 is 2.88 bits per heavy atom. The van der Waals surface area contributed by atoms with E-state index in [1.165, 1.54) is 6.07 Å². The quantitative estimate of drug-likeness (QED) is 0.697. The number of halogens is 3. The van der Waals surface area contributed by atoms with Crippen LogP contribution in [0.2, 0.25) is 10.2 Å². The summed E-state index contributed by atoms with van der Waals surface area (Å²) in [5, 5.41) is 15.7. The van der Waals surface area contributed by atoms with Crippen LogP contribution >= 0.6 is 23.2 Å². The number of rotatable bonds is 3. The van der Waals surface area contributed by atoms with Crippen molar-refractivity contribution in [3.05, 3.63) is 57.5 Å². The Morgan fingerprint density at radius 2 is 2.12 bits per heavy atom. The molecular formula is C18H16Cl2FN3O2. The highest BCUT2D eigenvalue weighted by Gasteiger charge is 2.58. The summed E-state index contributed by atoms with van der Waals surface area (Å²) >= 11 is 11.9. The number of amides is 1. The molecule has 3 N–H and O–H groups in total. The zero-order valence-corrected chi connectivity index (χ0v) is 15.1. The Kier molecular flexibility index (Phi) is 4.39. The average molecular weight is 396 g/mol. The van der Waals surface area contributed by atoms with Crippen LogP contribution in [0.1, 0.15) is 29.9 Å². The highest BCUT2D eigenvalue weighted by atomic mass is 35.5. The van der Waals surface area contributed by atoms with Crippen LogP contribution in [-0.4, -0.2) is 28.6 Å². The normalized spacial score (nSPS) is 27.0. The molecule has 2 aliphatic rings. The lowest BCUT2D eigenvalue weighted by Gasteiger charge is -2.30. The second-order valence-corrected chi connectivity index (χ2v) is 7.37. The van der Waals surface area contributed by atoms with E-state index in [-0.39, 0.29) is 28.7 Å². The van der Waals surface area contributed by atoms with Crippen LogP contribution < -0.4 is 10.6 Å². The van der Waals surface area contributed by atoms with Gasteiger partial charge in [0.05, 0.1) is 5.02 Å². The molecule has 1 fully saturated rings. The third-order valence-electron chi connectivity index (χ3n) is 5.19. The molecule has 3 atom stereocenters. The molecule has 1 aromatic carbocycles. The number of pyridine rings is 1. The van der Waals surface area contributed by atoms with Gasteiger partial charge < -0.3 is 10.4 Å². The van der Waals surface area contributed by atoms with E-state index < -0.39 is 17.3 Å². The fraction of sp³-hybridized carbons (Fsp3) is 0.333. The Morgan fingerprint density at radius 1 is 1.31 bits per heavy atom. The lowest BCUT2D eigenvalue weighted by atomic mass is 9.76. The molecule has 8 heteroatoms. The van der Waals surface area contributed by atoms with Gasteiger partial charge in [0.1, 0.15) is 22.3 Å². The molecule has 2 aliphatic heterocycles. The first-order chi connectivity index (χ1) is 12.5. The van der Waals surface area contributed by atoms with Crippen LogP contribution in [0.3, 0.4) is 0 Å². The molecule has 0 saturated carbocycles. The van der Waals surface area contributed by atoms with Gasteiger partial charge in [0.25, 0.3) is 5.91 Å². The van der Waals surface area contributed by atoms with Gasteiger partial charge in [-0.2, -0.15) is 0 Å². The van der Waals surface area contributed by atoms with Crippen LogP contribution in [-0.2, 0) is 10.3 Å². The number of aliphatic hydroxyl groups is 1. The lowest BCUT2D eigenvalue weighted by Crippen LogP contribution is -2.49. The first kappa shape index (κ1) is 17.7. The molecule has 0 bridgehead atoms. The second kappa shape index (κ2) is 6.46. The number of benzene rings is 1. The minimum Gasteiger partial charge on any atom is -0.396 e. The third-order valence-corrected chi connectivity index (χ3v) is 5.69. The van der Waals surface area contributed by atoms with Crippen LogP contribution in [0.5, 0.6) is 0 Å². The van der Waals surface area contributed by atoms with Gasteiger partial charge in [-0.3, -0.25) is 10.1 Å². The molecule has 0 radical (unpaired) electrons. The Labute approximate surface area is 159 Å². The predicted molar refractivity (Wildman–Crippen MR) is 96.9 cm³/mol. The topological polar surface area (TPSA) is 74.2 Å². The van der Waals surface area contributed by atoms with Gasteiger partial charge in [-0.05, 0) is 36.6 Å². The number of anilines is 1. The molecule has 1 aromatic heterocycles. The van der Waals surface area contributed by atoms with Crippen molar-refractivity contribution >= 4 is 34.9 Å². The van der Waals surface area contributed by atoms with E-state index in [1.54, 1.807) is 24.3 Å². The van der Waals surface area contributed by atoms with E-state index in [9.17, 15) is 14.3 Å². The zero-order valence-electron chi connectivity index (χ0n) is 13.6. The largest absolute Gasteiger partial charge is 0.396 e. The minimum absolute atomic E-state index is 0.0103. The summed E-state index contributed by atoms with van der Waals surface area (Å²) in [6.45, 7) is -0.0359. The highest BCUT2D eigenvalue weighted by Crippen LogP contribution is 2.52. The maximum Gasteiger partial charge on any atom is 0.251 e. The number of nitrogens with zero attached hydrogens (tertiary/aromatic N) is 1. The molecule has 4 rings (SSSR count). The number of aliphatic hydroxyl groups excluding tert-OH is 1. The summed E-state index contributed by atoms with van der Waals surface area (Å²) in [5.74, 6) is -0.977. The zero-order chi connectivity index (χ0) is 18.5. The number of nitrogens with one attached hydrogen (secondary N) is 2. The third kappa shape index (κ3) is 2.52. The molecule has 1 saturated heterocycles. The van der Waals surface area contributed by atoms with Crippen LogP contribution in [0.4, 0.5) is 10.2 Å². The molecule has 0 aliphatic carbocycles. The van der Waals surface area contributed by atoms with Crippen LogP contribution in [0, 0.1) is 5.82 Å². The number of hydrogen-bond donors (Lipinski definition) is 3. The molecule has 2 aromatic rings. The van der Waals surface area contributed by atoms with Crippen molar-refractivity contribution in [1.82, 2.24) is 10.3 Å². The molecule has 1 spiro atoms. The van der Waals surface area contributed by atoms with Gasteiger partial charge >= 0.3 is 0 Å². The maximum absolute atomic E-state index is 14.8. The van der Waals surface area contributed by atoms with Crippen molar-refractivity contribution in [2.45, 2.75) is 30.3 Å². The second-order valence-electron chi connectivity index (χ2n) is 6.58. The van der Waals surface area contributed by atoms with E-state index in [2.05, 4.69) is 15.6 Å². The molecule has 1 amide bonds. The van der Waals surface area contributed by atoms with Crippen LogP contribution in [0.25, 0.3) is 0 Å². The first-order valence-electron chi connectivity index (χ1n) is 8.28. The molecule has 26 heavy (non-hydrogen) atoms. The van der Waals surface area contributed by atoms with Crippen molar-refractivity contribution in [2.24, 2.45) is 0 Å². The lowest BCUT2D eigenvalue weighted by molar-refractivity contribution is -0.122. The smallest absolute Gasteiger partial charge is 0.251 e. The number of carbonyl (C=O) groups is 1. The highest BCUT2D eigenvalue weighted by molar-refractivity contribution is 6.30. The summed E-state index contributed by atoms with van der Waals surface area (Å²) < 4.78 is 14.8. The fourth-order valence-electron chi connectivity index (χ4n) is 4.10. The molecular weight excluding hydrogens is 380 g/mol. The summed E-state index contributed by atoms with van der Waals surface area (Å²) in [4.78, 5) is 17.2. The van der Waals surface area contributed by atoms with Crippen molar-refractivity contribution < 1.29 is 14.3 Å². The van der Waals surface area contributed by atoms with Gasteiger partial charge in [-0.15, -0.1) is 0 Å². The Balaban J connectivity index is 1.90. The van der Waals surface area contributed by atoms with E-state index in [4.69, 9.17) is 23.2 Å².